The van der Waals surface area contributed by atoms with E-state index in [2.05, 4.69) is 9.97 Å². The van der Waals surface area contributed by atoms with Crippen molar-refractivity contribution in [2.45, 2.75) is 32.0 Å². The molecule has 2 heterocycles. The Hall–Kier alpha value is -2.84. The first-order chi connectivity index (χ1) is 13.3. The third-order valence-corrected chi connectivity index (χ3v) is 4.45. The molecule has 1 aliphatic rings. The summed E-state index contributed by atoms with van der Waals surface area (Å²) >= 11 is 0. The standard InChI is InChI=1S/C19H20F3N3O3/c1-12-11-15(17(26)27-2)24-18(23-12)25-9-7-13(8-10-25)28-16-6-4-3-5-14(16)19(20,21)22/h3-6,11,13H,7-10H2,1-2H3. The van der Waals surface area contributed by atoms with Gasteiger partial charge < -0.3 is 14.4 Å². The Kier molecular flexibility index (Phi) is 5.71. The van der Waals surface area contributed by atoms with E-state index in [-0.39, 0.29) is 17.5 Å². The molecule has 1 fully saturated rings. The van der Waals surface area contributed by atoms with Gasteiger partial charge in [-0.2, -0.15) is 13.2 Å². The lowest BCUT2D eigenvalue weighted by atomic mass is 10.1. The molecule has 9 heteroatoms. The Balaban J connectivity index is 1.68. The number of aryl methyl sites for hydroxylation is 1. The van der Waals surface area contributed by atoms with E-state index in [1.54, 1.807) is 13.0 Å². The fourth-order valence-corrected chi connectivity index (χ4v) is 3.06. The Morgan fingerprint density at radius 3 is 2.50 bits per heavy atom. The molecule has 3 rings (SSSR count). The van der Waals surface area contributed by atoms with Crippen molar-refractivity contribution in [3.63, 3.8) is 0 Å². The van der Waals surface area contributed by atoms with Gasteiger partial charge in [0.15, 0.2) is 5.69 Å². The molecule has 1 aliphatic heterocycles. The molecule has 0 radical (unpaired) electrons. The number of hydrogen-bond donors (Lipinski definition) is 0. The second-order valence-electron chi connectivity index (χ2n) is 6.48. The fourth-order valence-electron chi connectivity index (χ4n) is 3.06. The predicted octanol–water partition coefficient (Wildman–Crippen LogP) is 3.64. The average Bonchev–Trinajstić information content (AvgIpc) is 2.67. The zero-order chi connectivity index (χ0) is 20.3. The summed E-state index contributed by atoms with van der Waals surface area (Å²) in [7, 11) is 1.28. The lowest BCUT2D eigenvalue weighted by Crippen LogP contribution is -2.39. The Morgan fingerprint density at radius 1 is 1.18 bits per heavy atom. The summed E-state index contributed by atoms with van der Waals surface area (Å²) in [5, 5.41) is 0. The number of alkyl halides is 3. The molecule has 0 bridgehead atoms. The fraction of sp³-hybridized carbons (Fsp3) is 0.421. The van der Waals surface area contributed by atoms with Crippen molar-refractivity contribution in [2.24, 2.45) is 0 Å². The number of carbonyl (C=O) groups is 1. The van der Waals surface area contributed by atoms with E-state index in [0.29, 0.717) is 37.6 Å². The van der Waals surface area contributed by atoms with Gasteiger partial charge in [0.1, 0.15) is 11.9 Å². The number of ether oxygens (including phenoxy) is 2. The maximum atomic E-state index is 13.1. The second-order valence-corrected chi connectivity index (χ2v) is 6.48. The lowest BCUT2D eigenvalue weighted by Gasteiger charge is -2.32. The highest BCUT2D eigenvalue weighted by Gasteiger charge is 2.35. The predicted molar refractivity (Wildman–Crippen MR) is 95.4 cm³/mol. The molecule has 2 aromatic rings. The van der Waals surface area contributed by atoms with Crippen molar-refractivity contribution in [3.8, 4) is 5.75 Å². The third kappa shape index (κ3) is 4.52. The van der Waals surface area contributed by atoms with E-state index < -0.39 is 17.7 Å². The summed E-state index contributed by atoms with van der Waals surface area (Å²) in [6.45, 7) is 2.76. The summed E-state index contributed by atoms with van der Waals surface area (Å²) in [5.41, 5.74) is 0.0209. The van der Waals surface area contributed by atoms with Gasteiger partial charge in [-0.25, -0.2) is 14.8 Å². The molecule has 0 N–H and O–H groups in total. The topological polar surface area (TPSA) is 64.5 Å². The van der Waals surface area contributed by atoms with E-state index in [4.69, 9.17) is 9.47 Å². The van der Waals surface area contributed by atoms with Crippen LogP contribution in [0.3, 0.4) is 0 Å². The number of methoxy groups -OCH3 is 1. The molecule has 0 atom stereocenters. The minimum absolute atomic E-state index is 0.159. The van der Waals surface area contributed by atoms with Crippen LogP contribution in [0.4, 0.5) is 19.1 Å². The highest BCUT2D eigenvalue weighted by Crippen LogP contribution is 2.37. The van der Waals surface area contributed by atoms with Gasteiger partial charge in [-0.1, -0.05) is 12.1 Å². The van der Waals surface area contributed by atoms with E-state index in [0.717, 1.165) is 6.07 Å². The summed E-state index contributed by atoms with van der Waals surface area (Å²) in [4.78, 5) is 22.2. The van der Waals surface area contributed by atoms with Crippen LogP contribution in [-0.4, -0.2) is 42.2 Å². The highest BCUT2D eigenvalue weighted by atomic mass is 19.4. The molecule has 0 unspecified atom stereocenters. The molecule has 1 saturated heterocycles. The van der Waals surface area contributed by atoms with E-state index in [9.17, 15) is 18.0 Å². The summed E-state index contributed by atoms with van der Waals surface area (Å²) in [6.07, 6.45) is -3.78. The summed E-state index contributed by atoms with van der Waals surface area (Å²) < 4.78 is 49.7. The van der Waals surface area contributed by atoms with E-state index >= 15 is 0 Å². The van der Waals surface area contributed by atoms with Crippen LogP contribution in [0.1, 0.15) is 34.6 Å². The number of rotatable bonds is 4. The molecule has 1 aromatic heterocycles. The van der Waals surface area contributed by atoms with Crippen LogP contribution in [0.25, 0.3) is 0 Å². The first-order valence-electron chi connectivity index (χ1n) is 8.79. The van der Waals surface area contributed by atoms with Crippen molar-refractivity contribution in [3.05, 3.63) is 47.3 Å². The molecule has 28 heavy (non-hydrogen) atoms. The van der Waals surface area contributed by atoms with Gasteiger partial charge in [0.2, 0.25) is 5.95 Å². The summed E-state index contributed by atoms with van der Waals surface area (Å²) in [6, 6.07) is 6.75. The first-order valence-corrected chi connectivity index (χ1v) is 8.79. The summed E-state index contributed by atoms with van der Waals surface area (Å²) in [5.74, 6) is -0.309. The number of aromatic nitrogens is 2. The van der Waals surface area contributed by atoms with E-state index in [1.807, 2.05) is 4.90 Å². The molecule has 1 aromatic carbocycles. The molecule has 0 amide bonds. The van der Waals surface area contributed by atoms with Gasteiger partial charge in [0.05, 0.1) is 12.7 Å². The highest BCUT2D eigenvalue weighted by molar-refractivity contribution is 5.87. The van der Waals surface area contributed by atoms with E-state index in [1.165, 1.54) is 25.3 Å². The van der Waals surface area contributed by atoms with Crippen molar-refractivity contribution in [2.75, 3.05) is 25.1 Å². The molecule has 150 valence electrons. The van der Waals surface area contributed by atoms with Gasteiger partial charge in [-0.15, -0.1) is 0 Å². The largest absolute Gasteiger partial charge is 0.490 e. The molecule has 0 aliphatic carbocycles. The SMILES string of the molecule is COC(=O)c1cc(C)nc(N2CCC(Oc3ccccc3C(F)(F)F)CC2)n1. The maximum Gasteiger partial charge on any atom is 0.419 e. The van der Waals surface area contributed by atoms with Gasteiger partial charge in [0.25, 0.3) is 0 Å². The van der Waals surface area contributed by atoms with Crippen molar-refractivity contribution < 1.29 is 27.4 Å². The zero-order valence-electron chi connectivity index (χ0n) is 15.5. The number of esters is 1. The molecule has 6 nitrogen and oxygen atoms in total. The van der Waals surface area contributed by atoms with Crippen LogP contribution < -0.4 is 9.64 Å². The van der Waals surface area contributed by atoms with Crippen LogP contribution in [0.5, 0.6) is 5.75 Å². The van der Waals surface area contributed by atoms with Gasteiger partial charge in [-0.05, 0) is 25.1 Å². The van der Waals surface area contributed by atoms with Crippen LogP contribution in [0, 0.1) is 6.92 Å². The van der Waals surface area contributed by atoms with Crippen LogP contribution in [-0.2, 0) is 10.9 Å². The monoisotopic (exact) mass is 395 g/mol. The van der Waals surface area contributed by atoms with Crippen molar-refractivity contribution in [1.82, 2.24) is 9.97 Å². The molecule has 0 saturated carbocycles. The third-order valence-electron chi connectivity index (χ3n) is 4.45. The Bertz CT molecular complexity index is 850. The zero-order valence-corrected chi connectivity index (χ0v) is 15.5. The minimum atomic E-state index is -4.46. The van der Waals surface area contributed by atoms with Crippen molar-refractivity contribution in [1.29, 1.82) is 0 Å². The molecular weight excluding hydrogens is 375 g/mol. The van der Waals surface area contributed by atoms with Crippen LogP contribution in [0.15, 0.2) is 30.3 Å². The number of carbonyl (C=O) groups excluding carboxylic acids is 1. The van der Waals surface area contributed by atoms with Crippen molar-refractivity contribution >= 4 is 11.9 Å². The quantitative estimate of drug-likeness (QED) is 0.737. The first kappa shape index (κ1) is 19.9. The molecule has 0 spiro atoms. The van der Waals surface area contributed by atoms with Gasteiger partial charge in [0, 0.05) is 31.6 Å². The number of anilines is 1. The average molecular weight is 395 g/mol. The molecular formula is C19H20F3N3O3. The normalized spacial score (nSPS) is 15.4. The van der Waals surface area contributed by atoms with Gasteiger partial charge in [-0.3, -0.25) is 0 Å². The second kappa shape index (κ2) is 8.04. The smallest absolute Gasteiger partial charge is 0.419 e. The maximum absolute atomic E-state index is 13.1. The Labute approximate surface area is 160 Å². The van der Waals surface area contributed by atoms with Crippen LogP contribution >= 0.6 is 0 Å². The van der Waals surface area contributed by atoms with Crippen LogP contribution in [0.2, 0.25) is 0 Å². The Morgan fingerprint density at radius 2 is 1.86 bits per heavy atom. The number of para-hydroxylation sites is 1. The number of benzene rings is 1. The number of piperidine rings is 1. The minimum Gasteiger partial charge on any atom is -0.490 e. The number of halogens is 3. The lowest BCUT2D eigenvalue weighted by molar-refractivity contribution is -0.139. The van der Waals surface area contributed by atoms with Gasteiger partial charge >= 0.3 is 12.1 Å². The number of nitrogens with zero attached hydrogens (tertiary/aromatic N) is 3. The number of hydrogen-bond acceptors (Lipinski definition) is 6.